The molecule has 2 aromatic rings. The Balaban J connectivity index is 2.40. The molecule has 1 heterocycles. The second-order valence-corrected chi connectivity index (χ2v) is 7.17. The molecule has 0 atom stereocenters. The predicted octanol–water partition coefficient (Wildman–Crippen LogP) is 3.79. The summed E-state index contributed by atoms with van der Waals surface area (Å²) in [7, 11) is -3.18. The lowest BCUT2D eigenvalue weighted by Crippen LogP contribution is -2.37. The first kappa shape index (κ1) is 15.1. The zero-order valence-electron chi connectivity index (χ0n) is 11.2. The smallest absolute Gasteiger partial charge is 0.290 e. The van der Waals surface area contributed by atoms with Gasteiger partial charge in [0.05, 0.1) is 5.75 Å². The fraction of sp³-hybridized carbons (Fsp3) is 0.214. The lowest BCUT2D eigenvalue weighted by molar-refractivity contribution is -0.931. The fourth-order valence-corrected chi connectivity index (χ4v) is 3.73. The SMILES string of the molecule is Cc1ccc(C)c(CS(O)(O)c2cccc(Cl)[n+]2O)c1. The molecule has 0 spiro atoms. The van der Waals surface area contributed by atoms with Gasteiger partial charge in [-0.2, -0.15) is 0 Å². The van der Waals surface area contributed by atoms with E-state index >= 15 is 0 Å². The van der Waals surface area contributed by atoms with Gasteiger partial charge in [-0.3, -0.25) is 14.3 Å². The minimum Gasteiger partial charge on any atom is -0.290 e. The number of hydrogen-bond donors (Lipinski definition) is 3. The molecule has 108 valence electrons. The standard InChI is InChI=1S/C14H16ClNO3S/c1-10-6-7-11(2)12(8-10)9-20(18,19)14-5-3-4-13(15)16(14)17/h3-8H,9H2,1-2H3,(H2-,17,18,19)/p+1. The van der Waals surface area contributed by atoms with E-state index in [9.17, 15) is 14.3 Å². The molecular weight excluding hydrogens is 298 g/mol. The van der Waals surface area contributed by atoms with Crippen molar-refractivity contribution in [1.29, 1.82) is 0 Å². The Morgan fingerprint density at radius 2 is 1.85 bits per heavy atom. The number of aromatic nitrogens is 1. The number of pyridine rings is 1. The maximum Gasteiger partial charge on any atom is 0.346 e. The van der Waals surface area contributed by atoms with E-state index in [4.69, 9.17) is 11.6 Å². The van der Waals surface area contributed by atoms with E-state index in [1.807, 2.05) is 32.0 Å². The average Bonchev–Trinajstić information content (AvgIpc) is 2.36. The summed E-state index contributed by atoms with van der Waals surface area (Å²) >= 11 is 5.78. The van der Waals surface area contributed by atoms with Crippen LogP contribution < -0.4 is 4.73 Å². The van der Waals surface area contributed by atoms with E-state index in [1.54, 1.807) is 6.07 Å². The van der Waals surface area contributed by atoms with Crippen LogP contribution in [-0.4, -0.2) is 14.3 Å². The van der Waals surface area contributed by atoms with Gasteiger partial charge in [-0.05, 0) is 42.6 Å². The second-order valence-electron chi connectivity index (χ2n) is 4.74. The third kappa shape index (κ3) is 3.07. The Hall–Kier alpha value is -1.27. The van der Waals surface area contributed by atoms with Crippen LogP contribution in [0.1, 0.15) is 16.7 Å². The van der Waals surface area contributed by atoms with Gasteiger partial charge in [0.15, 0.2) is 0 Å². The highest BCUT2D eigenvalue weighted by atomic mass is 35.5. The number of benzene rings is 1. The molecule has 0 amide bonds. The van der Waals surface area contributed by atoms with Crippen LogP contribution in [0.2, 0.25) is 5.15 Å². The van der Waals surface area contributed by atoms with Crippen molar-refractivity contribution in [2.45, 2.75) is 24.6 Å². The minimum absolute atomic E-state index is 0.00547. The monoisotopic (exact) mass is 314 g/mol. The molecule has 6 heteroatoms. The molecule has 0 unspecified atom stereocenters. The molecule has 0 aliphatic carbocycles. The van der Waals surface area contributed by atoms with Crippen molar-refractivity contribution in [3.05, 3.63) is 58.2 Å². The molecule has 0 saturated carbocycles. The van der Waals surface area contributed by atoms with Crippen molar-refractivity contribution in [2.24, 2.45) is 0 Å². The lowest BCUT2D eigenvalue weighted by Gasteiger charge is -2.28. The van der Waals surface area contributed by atoms with Gasteiger partial charge in [0, 0.05) is 16.9 Å². The van der Waals surface area contributed by atoms with Gasteiger partial charge in [0.25, 0.3) is 0 Å². The van der Waals surface area contributed by atoms with E-state index < -0.39 is 10.6 Å². The molecule has 20 heavy (non-hydrogen) atoms. The minimum atomic E-state index is -3.18. The van der Waals surface area contributed by atoms with Crippen LogP contribution in [0.4, 0.5) is 0 Å². The van der Waals surface area contributed by atoms with Gasteiger partial charge in [0.1, 0.15) is 0 Å². The summed E-state index contributed by atoms with van der Waals surface area (Å²) in [6, 6.07) is 10.3. The van der Waals surface area contributed by atoms with Gasteiger partial charge in [0.2, 0.25) is 0 Å². The summed E-state index contributed by atoms with van der Waals surface area (Å²) in [6.45, 7) is 3.86. The van der Waals surface area contributed by atoms with E-state index in [-0.39, 0.29) is 15.9 Å². The Kier molecular flexibility index (Phi) is 4.25. The molecule has 0 saturated heterocycles. The van der Waals surface area contributed by atoms with Crippen molar-refractivity contribution in [2.75, 3.05) is 0 Å². The summed E-state index contributed by atoms with van der Waals surface area (Å²) in [5.74, 6) is 0.0431. The van der Waals surface area contributed by atoms with Crippen LogP contribution in [-0.2, 0) is 5.75 Å². The summed E-state index contributed by atoms with van der Waals surface area (Å²) in [5.41, 5.74) is 2.86. The van der Waals surface area contributed by atoms with Crippen LogP contribution in [0.25, 0.3) is 0 Å². The zero-order valence-corrected chi connectivity index (χ0v) is 12.8. The normalized spacial score (nSPS) is 12.4. The summed E-state index contributed by atoms with van der Waals surface area (Å²) in [5, 5.41) is 9.86. The molecule has 4 nitrogen and oxygen atoms in total. The zero-order chi connectivity index (χ0) is 14.9. The first-order valence-electron chi connectivity index (χ1n) is 6.03. The van der Waals surface area contributed by atoms with Crippen molar-refractivity contribution in [3.8, 4) is 0 Å². The number of hydrogen-bond acceptors (Lipinski definition) is 3. The molecule has 0 aliphatic rings. The van der Waals surface area contributed by atoms with Crippen LogP contribution in [0.15, 0.2) is 41.4 Å². The van der Waals surface area contributed by atoms with E-state index in [2.05, 4.69) is 0 Å². The topological polar surface area (TPSA) is 64.6 Å². The van der Waals surface area contributed by atoms with Crippen molar-refractivity contribution in [1.82, 2.24) is 0 Å². The molecule has 0 bridgehead atoms. The maximum absolute atomic E-state index is 10.4. The molecule has 1 aromatic heterocycles. The third-order valence-electron chi connectivity index (χ3n) is 3.08. The Morgan fingerprint density at radius 3 is 2.55 bits per heavy atom. The molecule has 0 fully saturated rings. The Labute approximate surface area is 124 Å². The highest BCUT2D eigenvalue weighted by molar-refractivity contribution is 8.23. The van der Waals surface area contributed by atoms with Gasteiger partial charge < -0.3 is 0 Å². The van der Waals surface area contributed by atoms with Gasteiger partial charge in [-0.25, -0.2) is 0 Å². The van der Waals surface area contributed by atoms with E-state index in [0.29, 0.717) is 4.73 Å². The van der Waals surface area contributed by atoms with Gasteiger partial charge in [-0.1, -0.05) is 23.8 Å². The van der Waals surface area contributed by atoms with Crippen LogP contribution in [0, 0.1) is 13.8 Å². The average molecular weight is 315 g/mol. The van der Waals surface area contributed by atoms with Gasteiger partial charge in [-0.15, -0.1) is 10.6 Å². The Morgan fingerprint density at radius 1 is 1.15 bits per heavy atom. The summed E-state index contributed by atoms with van der Waals surface area (Å²) in [4.78, 5) is 0. The molecule has 2 rings (SSSR count). The molecule has 1 aromatic carbocycles. The molecule has 3 N–H and O–H groups in total. The van der Waals surface area contributed by atoms with E-state index in [1.165, 1.54) is 12.1 Å². The predicted molar refractivity (Wildman–Crippen MR) is 79.6 cm³/mol. The van der Waals surface area contributed by atoms with Gasteiger partial charge >= 0.3 is 10.2 Å². The van der Waals surface area contributed by atoms with Crippen LogP contribution in [0.5, 0.6) is 0 Å². The van der Waals surface area contributed by atoms with Crippen LogP contribution >= 0.6 is 22.2 Å². The van der Waals surface area contributed by atoms with Crippen LogP contribution in [0.3, 0.4) is 0 Å². The number of nitrogens with zero attached hydrogens (tertiary/aromatic N) is 1. The first-order valence-corrected chi connectivity index (χ1v) is 8.12. The third-order valence-corrected chi connectivity index (χ3v) is 5.06. The van der Waals surface area contributed by atoms with Crippen molar-refractivity contribution in [3.63, 3.8) is 0 Å². The quantitative estimate of drug-likeness (QED) is 0.459. The molecule has 0 aliphatic heterocycles. The number of halogens is 1. The van der Waals surface area contributed by atoms with Crippen molar-refractivity contribution >= 4 is 22.2 Å². The van der Waals surface area contributed by atoms with E-state index in [0.717, 1.165) is 16.7 Å². The highest BCUT2D eigenvalue weighted by Crippen LogP contribution is 2.49. The first-order chi connectivity index (χ1) is 9.31. The largest absolute Gasteiger partial charge is 0.346 e. The fourth-order valence-electron chi connectivity index (χ4n) is 1.95. The molecular formula is C14H17ClNO3S+. The lowest BCUT2D eigenvalue weighted by atomic mass is 10.1. The number of aryl methyl sites for hydroxylation is 2. The maximum atomic E-state index is 10.4. The second kappa shape index (κ2) is 5.61. The van der Waals surface area contributed by atoms with Crippen molar-refractivity contribution < 1.29 is 19.0 Å². The number of rotatable bonds is 3. The Bertz CT molecular complexity index is 646. The summed E-state index contributed by atoms with van der Waals surface area (Å²) in [6.07, 6.45) is 0. The highest BCUT2D eigenvalue weighted by Gasteiger charge is 2.30. The molecule has 0 radical (unpaired) electrons. The summed E-state index contributed by atoms with van der Waals surface area (Å²) < 4.78 is 21.3.